The summed E-state index contributed by atoms with van der Waals surface area (Å²) < 4.78 is 0. The molecule has 0 bridgehead atoms. The highest BCUT2D eigenvalue weighted by atomic mass is 15.2. The molecule has 1 aliphatic heterocycles. The molecule has 3 nitrogen and oxygen atoms in total. The normalized spacial score (nSPS) is 28.6. The largest absolute Gasteiger partial charge is 0.370 e. The van der Waals surface area contributed by atoms with Gasteiger partial charge in [-0.3, -0.25) is 0 Å². The standard InChI is InChI=1S/C11H23N3/c1-10(2,3)7-8(11(4,5)6)14-9(12)13-7/h7-8H,1-6H3,(H3,12,13,14)/t7-,8-/m0/s1. The van der Waals surface area contributed by atoms with E-state index in [0.717, 1.165) is 0 Å². The SMILES string of the molecule is CC(C)(C)[C@H]1N=C(N)N[C@@H]1C(C)(C)C. The van der Waals surface area contributed by atoms with Gasteiger partial charge in [0.15, 0.2) is 5.96 Å². The molecule has 0 aromatic carbocycles. The fourth-order valence-electron chi connectivity index (χ4n) is 1.88. The maximum atomic E-state index is 5.75. The molecule has 0 saturated carbocycles. The molecule has 1 heterocycles. The smallest absolute Gasteiger partial charge is 0.189 e. The minimum absolute atomic E-state index is 0.159. The third-order valence-electron chi connectivity index (χ3n) is 2.72. The monoisotopic (exact) mass is 197 g/mol. The molecule has 0 aromatic heterocycles. The van der Waals surface area contributed by atoms with Gasteiger partial charge in [0.05, 0.1) is 12.1 Å². The van der Waals surface area contributed by atoms with Crippen LogP contribution in [0.25, 0.3) is 0 Å². The number of nitrogens with zero attached hydrogens (tertiary/aromatic N) is 1. The van der Waals surface area contributed by atoms with Crippen LogP contribution in [0.3, 0.4) is 0 Å². The van der Waals surface area contributed by atoms with Gasteiger partial charge in [-0.15, -0.1) is 0 Å². The molecule has 0 radical (unpaired) electrons. The van der Waals surface area contributed by atoms with Gasteiger partial charge in [0.1, 0.15) is 0 Å². The number of hydrogen-bond acceptors (Lipinski definition) is 3. The topological polar surface area (TPSA) is 50.4 Å². The Bertz CT molecular complexity index is 242. The Hall–Kier alpha value is -0.730. The van der Waals surface area contributed by atoms with Crippen molar-refractivity contribution in [3.63, 3.8) is 0 Å². The summed E-state index contributed by atoms with van der Waals surface area (Å²) in [7, 11) is 0. The summed E-state index contributed by atoms with van der Waals surface area (Å²) in [4.78, 5) is 4.49. The second kappa shape index (κ2) is 3.14. The van der Waals surface area contributed by atoms with Crippen LogP contribution in [0.5, 0.6) is 0 Å². The molecule has 3 N–H and O–H groups in total. The number of hydrogen-bond donors (Lipinski definition) is 2. The van der Waals surface area contributed by atoms with Crippen LogP contribution in [0.15, 0.2) is 4.99 Å². The van der Waals surface area contributed by atoms with Gasteiger partial charge in [0, 0.05) is 0 Å². The predicted molar refractivity (Wildman–Crippen MR) is 61.2 cm³/mol. The number of aliphatic imine (C=N–C) groups is 1. The first-order valence-corrected chi connectivity index (χ1v) is 5.22. The van der Waals surface area contributed by atoms with E-state index in [1.165, 1.54) is 0 Å². The second-order valence-corrected chi connectivity index (χ2v) is 6.31. The van der Waals surface area contributed by atoms with Gasteiger partial charge in [0.2, 0.25) is 0 Å². The highest BCUT2D eigenvalue weighted by molar-refractivity contribution is 5.80. The molecule has 0 aliphatic carbocycles. The van der Waals surface area contributed by atoms with E-state index in [1.807, 2.05) is 0 Å². The molecule has 0 unspecified atom stereocenters. The van der Waals surface area contributed by atoms with Crippen molar-refractivity contribution in [2.24, 2.45) is 21.6 Å². The van der Waals surface area contributed by atoms with Crippen molar-refractivity contribution in [3.05, 3.63) is 0 Å². The molecular formula is C11H23N3. The molecule has 1 aliphatic rings. The second-order valence-electron chi connectivity index (χ2n) is 6.31. The lowest BCUT2D eigenvalue weighted by Gasteiger charge is -2.37. The van der Waals surface area contributed by atoms with Gasteiger partial charge in [-0.1, -0.05) is 41.5 Å². The van der Waals surface area contributed by atoms with Gasteiger partial charge in [-0.05, 0) is 10.8 Å². The van der Waals surface area contributed by atoms with Crippen LogP contribution in [0.4, 0.5) is 0 Å². The van der Waals surface area contributed by atoms with Crippen molar-refractivity contribution in [1.29, 1.82) is 0 Å². The summed E-state index contributed by atoms with van der Waals surface area (Å²) in [5.74, 6) is 0.588. The van der Waals surface area contributed by atoms with E-state index in [-0.39, 0.29) is 16.9 Å². The minimum atomic E-state index is 0.159. The molecule has 0 amide bonds. The number of nitrogens with two attached hydrogens (primary N) is 1. The van der Waals surface area contributed by atoms with E-state index in [4.69, 9.17) is 5.73 Å². The molecule has 82 valence electrons. The number of guanidine groups is 1. The van der Waals surface area contributed by atoms with E-state index in [0.29, 0.717) is 12.0 Å². The van der Waals surface area contributed by atoms with Crippen LogP contribution in [0.1, 0.15) is 41.5 Å². The lowest BCUT2D eigenvalue weighted by molar-refractivity contribution is 0.192. The lowest BCUT2D eigenvalue weighted by Crippen LogP contribution is -2.50. The maximum absolute atomic E-state index is 5.75. The maximum Gasteiger partial charge on any atom is 0.189 e. The minimum Gasteiger partial charge on any atom is -0.370 e. The van der Waals surface area contributed by atoms with Gasteiger partial charge >= 0.3 is 0 Å². The summed E-state index contributed by atoms with van der Waals surface area (Å²) in [6.45, 7) is 13.3. The van der Waals surface area contributed by atoms with Crippen molar-refractivity contribution in [1.82, 2.24) is 5.32 Å². The Morgan fingerprint density at radius 2 is 1.57 bits per heavy atom. The first-order valence-electron chi connectivity index (χ1n) is 5.22. The fourth-order valence-corrected chi connectivity index (χ4v) is 1.88. The molecule has 14 heavy (non-hydrogen) atoms. The average Bonchev–Trinajstić information content (AvgIpc) is 2.27. The average molecular weight is 197 g/mol. The molecule has 0 saturated heterocycles. The van der Waals surface area contributed by atoms with Gasteiger partial charge < -0.3 is 11.1 Å². The van der Waals surface area contributed by atoms with Crippen LogP contribution in [-0.2, 0) is 0 Å². The zero-order chi connectivity index (χ0) is 11.1. The van der Waals surface area contributed by atoms with E-state index >= 15 is 0 Å². The van der Waals surface area contributed by atoms with Crippen LogP contribution < -0.4 is 11.1 Å². The summed E-state index contributed by atoms with van der Waals surface area (Å²) in [6, 6.07) is 0.602. The zero-order valence-corrected chi connectivity index (χ0v) is 10.2. The highest BCUT2D eigenvalue weighted by Gasteiger charge is 2.42. The fraction of sp³-hybridized carbons (Fsp3) is 0.909. The number of nitrogens with one attached hydrogen (secondary N) is 1. The summed E-state index contributed by atoms with van der Waals surface area (Å²) >= 11 is 0. The number of rotatable bonds is 0. The first kappa shape index (κ1) is 11.3. The van der Waals surface area contributed by atoms with E-state index < -0.39 is 0 Å². The van der Waals surface area contributed by atoms with Crippen molar-refractivity contribution in [2.45, 2.75) is 53.6 Å². The molecule has 2 atom stereocenters. The molecule has 0 fully saturated rings. The van der Waals surface area contributed by atoms with Crippen LogP contribution in [-0.4, -0.2) is 18.0 Å². The predicted octanol–water partition coefficient (Wildman–Crippen LogP) is 1.73. The van der Waals surface area contributed by atoms with Crippen molar-refractivity contribution < 1.29 is 0 Å². The lowest BCUT2D eigenvalue weighted by atomic mass is 9.74. The summed E-state index contributed by atoms with van der Waals surface area (Å²) in [5.41, 5.74) is 6.09. The van der Waals surface area contributed by atoms with Crippen LogP contribution in [0.2, 0.25) is 0 Å². The summed E-state index contributed by atoms with van der Waals surface area (Å²) in [5, 5.41) is 3.28. The van der Waals surface area contributed by atoms with E-state index in [2.05, 4.69) is 51.9 Å². The van der Waals surface area contributed by atoms with Gasteiger partial charge in [-0.25, -0.2) is 4.99 Å². The molecular weight excluding hydrogens is 174 g/mol. The molecule has 1 rings (SSSR count). The van der Waals surface area contributed by atoms with E-state index in [9.17, 15) is 0 Å². The Kier molecular flexibility index (Phi) is 2.55. The highest BCUT2D eigenvalue weighted by Crippen LogP contribution is 2.35. The molecule has 3 heteroatoms. The Balaban J connectivity index is 2.91. The van der Waals surface area contributed by atoms with Crippen molar-refractivity contribution in [3.8, 4) is 0 Å². The van der Waals surface area contributed by atoms with Gasteiger partial charge in [-0.2, -0.15) is 0 Å². The van der Waals surface area contributed by atoms with Crippen LogP contribution in [0, 0.1) is 10.8 Å². The van der Waals surface area contributed by atoms with Crippen molar-refractivity contribution >= 4 is 5.96 Å². The quantitative estimate of drug-likeness (QED) is 0.621. The van der Waals surface area contributed by atoms with E-state index in [1.54, 1.807) is 0 Å². The molecule has 0 aromatic rings. The first-order chi connectivity index (χ1) is 6.12. The van der Waals surface area contributed by atoms with Crippen molar-refractivity contribution in [2.75, 3.05) is 0 Å². The Morgan fingerprint density at radius 3 is 1.86 bits per heavy atom. The molecule has 0 spiro atoms. The third kappa shape index (κ3) is 2.20. The zero-order valence-electron chi connectivity index (χ0n) is 10.2. The third-order valence-corrected chi connectivity index (χ3v) is 2.72. The van der Waals surface area contributed by atoms with Crippen LogP contribution >= 0.6 is 0 Å². The van der Waals surface area contributed by atoms with Gasteiger partial charge in [0.25, 0.3) is 0 Å². The Morgan fingerprint density at radius 1 is 1.07 bits per heavy atom. The summed E-state index contributed by atoms with van der Waals surface area (Å²) in [6.07, 6.45) is 0. The Labute approximate surface area is 87.2 Å².